The molecular weight excluding hydrogens is 388 g/mol. The second-order valence-electron chi connectivity index (χ2n) is 9.54. The van der Waals surface area contributed by atoms with Crippen LogP contribution in [0.25, 0.3) is 0 Å². The van der Waals surface area contributed by atoms with E-state index in [1.807, 2.05) is 0 Å². The van der Waals surface area contributed by atoms with E-state index >= 15 is 0 Å². The minimum absolute atomic E-state index is 0.115. The van der Waals surface area contributed by atoms with Crippen molar-refractivity contribution in [2.75, 3.05) is 38.1 Å². The van der Waals surface area contributed by atoms with Crippen molar-refractivity contribution < 1.29 is 9.59 Å². The summed E-state index contributed by atoms with van der Waals surface area (Å²) in [5.41, 5.74) is 3.97. The number of nitrogens with zero attached hydrogens (tertiary/aromatic N) is 2. The van der Waals surface area contributed by atoms with Crippen molar-refractivity contribution in [1.29, 1.82) is 0 Å². The summed E-state index contributed by atoms with van der Waals surface area (Å²) >= 11 is 0. The molecule has 2 heterocycles. The fourth-order valence-electron chi connectivity index (χ4n) is 5.47. The molecule has 2 aliphatic heterocycles. The first-order valence-electron chi connectivity index (χ1n) is 12.3. The van der Waals surface area contributed by atoms with E-state index in [4.69, 9.17) is 0 Å². The zero-order valence-corrected chi connectivity index (χ0v) is 19.0. The highest BCUT2D eigenvalue weighted by Crippen LogP contribution is 2.31. The lowest BCUT2D eigenvalue weighted by molar-refractivity contribution is -0.139. The van der Waals surface area contributed by atoms with Gasteiger partial charge in [0.15, 0.2) is 0 Å². The molecule has 31 heavy (non-hydrogen) atoms. The number of anilines is 1. The molecule has 1 atom stereocenters. The summed E-state index contributed by atoms with van der Waals surface area (Å²) < 4.78 is 0. The molecule has 170 valence electrons. The van der Waals surface area contributed by atoms with E-state index < -0.39 is 11.8 Å². The number of carbonyl (C=O) groups excluding carboxylic acids is 2. The quantitative estimate of drug-likeness (QED) is 0.710. The fourth-order valence-corrected chi connectivity index (χ4v) is 5.47. The van der Waals surface area contributed by atoms with Crippen LogP contribution in [0, 0.1) is 0 Å². The molecule has 1 aromatic carbocycles. The Labute approximate surface area is 186 Å². The first kappa shape index (κ1) is 22.1. The Bertz CT molecular complexity index is 769. The fraction of sp³-hybridized carbons (Fsp3) is 0.680. The topological polar surface area (TPSA) is 64.7 Å². The van der Waals surface area contributed by atoms with Crippen molar-refractivity contribution in [3.05, 3.63) is 29.3 Å². The van der Waals surface area contributed by atoms with Crippen molar-refractivity contribution in [2.24, 2.45) is 0 Å². The minimum Gasteiger partial charge on any atom is -0.374 e. The van der Waals surface area contributed by atoms with Gasteiger partial charge in [-0.05, 0) is 68.8 Å². The van der Waals surface area contributed by atoms with Crippen LogP contribution in [-0.2, 0) is 16.0 Å². The van der Waals surface area contributed by atoms with Gasteiger partial charge in [0, 0.05) is 31.9 Å². The molecule has 0 radical (unpaired) electrons. The first-order chi connectivity index (χ1) is 15.1. The van der Waals surface area contributed by atoms with E-state index in [2.05, 4.69) is 45.7 Å². The van der Waals surface area contributed by atoms with Crippen LogP contribution in [0.4, 0.5) is 5.69 Å². The summed E-state index contributed by atoms with van der Waals surface area (Å²) in [5, 5.41) is 5.89. The number of carbonyl (C=O) groups is 2. The summed E-state index contributed by atoms with van der Waals surface area (Å²) in [6, 6.07) is 7.05. The molecule has 2 fully saturated rings. The number of piperidine rings is 1. The second kappa shape index (κ2) is 10.5. The lowest BCUT2D eigenvalue weighted by Crippen LogP contribution is -2.47. The van der Waals surface area contributed by atoms with Gasteiger partial charge in [-0.1, -0.05) is 37.8 Å². The van der Waals surface area contributed by atoms with E-state index in [0.29, 0.717) is 6.54 Å². The Kier molecular flexibility index (Phi) is 7.49. The lowest BCUT2D eigenvalue weighted by atomic mass is 9.95. The SMILES string of the molecule is CN1CCCc2cc(C(CNC(=O)C(=O)NC3CCCCC3)N3CCCCC3)ccc21. The molecule has 2 N–H and O–H groups in total. The van der Waals surface area contributed by atoms with Crippen LogP contribution in [0.15, 0.2) is 18.2 Å². The normalized spacial score (nSPS) is 21.3. The van der Waals surface area contributed by atoms with E-state index in [0.717, 1.165) is 51.7 Å². The van der Waals surface area contributed by atoms with Gasteiger partial charge < -0.3 is 15.5 Å². The Morgan fingerprint density at radius 3 is 2.48 bits per heavy atom. The van der Waals surface area contributed by atoms with Crippen molar-refractivity contribution in [2.45, 2.75) is 76.3 Å². The molecule has 2 amide bonds. The predicted octanol–water partition coefficient (Wildman–Crippen LogP) is 3.16. The highest BCUT2D eigenvalue weighted by Gasteiger charge is 2.26. The highest BCUT2D eigenvalue weighted by atomic mass is 16.2. The van der Waals surface area contributed by atoms with Gasteiger partial charge >= 0.3 is 11.8 Å². The van der Waals surface area contributed by atoms with Crippen LogP contribution in [0.3, 0.4) is 0 Å². The van der Waals surface area contributed by atoms with Gasteiger partial charge in [-0.2, -0.15) is 0 Å². The molecule has 1 aliphatic carbocycles. The van der Waals surface area contributed by atoms with Gasteiger partial charge in [0.1, 0.15) is 0 Å². The maximum Gasteiger partial charge on any atom is 0.309 e. The van der Waals surface area contributed by atoms with Crippen LogP contribution < -0.4 is 15.5 Å². The van der Waals surface area contributed by atoms with Crippen molar-refractivity contribution in [1.82, 2.24) is 15.5 Å². The largest absolute Gasteiger partial charge is 0.374 e. The summed E-state index contributed by atoms with van der Waals surface area (Å²) in [4.78, 5) is 29.8. The third-order valence-electron chi connectivity index (χ3n) is 7.27. The standard InChI is InChI=1S/C25H38N4O2/c1-28-14-8-9-19-17-20(12-13-22(19)28)23(29-15-6-3-7-16-29)18-26-24(30)25(31)27-21-10-4-2-5-11-21/h12-13,17,21,23H,2-11,14-16,18H2,1H3,(H,26,30)(H,27,31). The van der Waals surface area contributed by atoms with Crippen LogP contribution in [0.2, 0.25) is 0 Å². The number of likely N-dealkylation sites (tertiary alicyclic amines) is 1. The van der Waals surface area contributed by atoms with Crippen molar-refractivity contribution >= 4 is 17.5 Å². The summed E-state index contributed by atoms with van der Waals surface area (Å²) in [6.45, 7) is 3.68. The summed E-state index contributed by atoms with van der Waals surface area (Å²) in [6.07, 6.45) is 11.4. The molecule has 0 aromatic heterocycles. The number of fused-ring (bicyclic) bond motifs is 1. The first-order valence-corrected chi connectivity index (χ1v) is 12.3. The predicted molar refractivity (Wildman–Crippen MR) is 124 cm³/mol. The zero-order chi connectivity index (χ0) is 21.6. The van der Waals surface area contributed by atoms with Gasteiger partial charge in [-0.25, -0.2) is 0 Å². The molecule has 3 aliphatic rings. The van der Waals surface area contributed by atoms with Gasteiger partial charge in [-0.15, -0.1) is 0 Å². The number of amides is 2. The molecule has 0 bridgehead atoms. The summed E-state index contributed by atoms with van der Waals surface area (Å²) in [7, 11) is 2.16. The molecular formula is C25H38N4O2. The molecule has 6 nitrogen and oxygen atoms in total. The number of hydrogen-bond donors (Lipinski definition) is 2. The van der Waals surface area contributed by atoms with Crippen LogP contribution >= 0.6 is 0 Å². The number of aryl methyl sites for hydroxylation is 1. The van der Waals surface area contributed by atoms with Crippen LogP contribution in [0.5, 0.6) is 0 Å². The van der Waals surface area contributed by atoms with E-state index in [1.165, 1.54) is 48.9 Å². The van der Waals surface area contributed by atoms with E-state index in [1.54, 1.807) is 0 Å². The minimum atomic E-state index is -0.495. The lowest BCUT2D eigenvalue weighted by Gasteiger charge is -2.36. The molecule has 0 spiro atoms. The van der Waals surface area contributed by atoms with E-state index in [-0.39, 0.29) is 12.1 Å². The average Bonchev–Trinajstić information content (AvgIpc) is 2.80. The van der Waals surface area contributed by atoms with Crippen molar-refractivity contribution in [3.8, 4) is 0 Å². The number of rotatable bonds is 5. The average molecular weight is 427 g/mol. The third-order valence-corrected chi connectivity index (χ3v) is 7.27. The van der Waals surface area contributed by atoms with Crippen LogP contribution in [-0.4, -0.2) is 56.0 Å². The molecule has 1 saturated heterocycles. The van der Waals surface area contributed by atoms with Crippen molar-refractivity contribution in [3.63, 3.8) is 0 Å². The molecule has 6 heteroatoms. The van der Waals surface area contributed by atoms with Gasteiger partial charge in [0.2, 0.25) is 0 Å². The summed E-state index contributed by atoms with van der Waals surface area (Å²) in [5.74, 6) is -0.971. The number of nitrogens with one attached hydrogen (secondary N) is 2. The maximum atomic E-state index is 12.6. The maximum absolute atomic E-state index is 12.6. The number of hydrogen-bond acceptors (Lipinski definition) is 4. The molecule has 1 unspecified atom stereocenters. The molecule has 1 aromatic rings. The second-order valence-corrected chi connectivity index (χ2v) is 9.54. The van der Waals surface area contributed by atoms with Crippen LogP contribution in [0.1, 0.15) is 75.0 Å². The number of benzene rings is 1. The van der Waals surface area contributed by atoms with E-state index in [9.17, 15) is 9.59 Å². The molecule has 4 rings (SSSR count). The van der Waals surface area contributed by atoms with Gasteiger partial charge in [0.25, 0.3) is 0 Å². The highest BCUT2D eigenvalue weighted by molar-refractivity contribution is 6.35. The van der Waals surface area contributed by atoms with Gasteiger partial charge in [0.05, 0.1) is 6.04 Å². The smallest absolute Gasteiger partial charge is 0.309 e. The van der Waals surface area contributed by atoms with Gasteiger partial charge in [-0.3, -0.25) is 14.5 Å². The monoisotopic (exact) mass is 426 g/mol. The Morgan fingerprint density at radius 2 is 1.71 bits per heavy atom. The molecule has 1 saturated carbocycles. The Hall–Kier alpha value is -2.08. The Morgan fingerprint density at radius 1 is 0.968 bits per heavy atom. The third kappa shape index (κ3) is 5.59. The Balaban J connectivity index is 1.43. The zero-order valence-electron chi connectivity index (χ0n) is 19.0.